The lowest BCUT2D eigenvalue weighted by Crippen LogP contribution is -2.44. The highest BCUT2D eigenvalue weighted by Crippen LogP contribution is 2.31. The third-order valence-electron chi connectivity index (χ3n) is 3.35. The van der Waals surface area contributed by atoms with Gasteiger partial charge in [0.1, 0.15) is 0 Å². The summed E-state index contributed by atoms with van der Waals surface area (Å²) in [5.74, 6) is 0.0127. The zero-order chi connectivity index (χ0) is 14.6. The molecule has 1 aromatic carbocycles. The summed E-state index contributed by atoms with van der Waals surface area (Å²) in [5, 5.41) is 5.81. The van der Waals surface area contributed by atoms with Gasteiger partial charge in [0.15, 0.2) is 0 Å². The largest absolute Gasteiger partial charge is 0.416 e. The van der Waals surface area contributed by atoms with Crippen molar-refractivity contribution in [2.75, 3.05) is 6.54 Å². The van der Waals surface area contributed by atoms with Crippen LogP contribution in [0.4, 0.5) is 13.2 Å². The first-order valence-electron chi connectivity index (χ1n) is 6.62. The van der Waals surface area contributed by atoms with E-state index >= 15 is 0 Å². The normalized spacial score (nSPS) is 19.8. The summed E-state index contributed by atoms with van der Waals surface area (Å²) in [5.41, 5.74) is -0.387. The van der Waals surface area contributed by atoms with Gasteiger partial charge in [-0.15, -0.1) is 0 Å². The van der Waals surface area contributed by atoms with Gasteiger partial charge < -0.3 is 10.6 Å². The minimum atomic E-state index is -4.34. The standard InChI is InChI=1S/C14H17F3N2O/c15-14(16,17)12-6-2-1-4-10(12)8-18-9-11-5-3-7-13(20)19-11/h1-2,4,6,11,18H,3,5,7-9H2,(H,19,20)/t11-/m1/s1. The van der Waals surface area contributed by atoms with Gasteiger partial charge in [-0.3, -0.25) is 4.79 Å². The highest BCUT2D eigenvalue weighted by molar-refractivity contribution is 5.76. The van der Waals surface area contributed by atoms with Crippen LogP contribution >= 0.6 is 0 Å². The molecule has 0 aromatic heterocycles. The van der Waals surface area contributed by atoms with Crippen LogP contribution in [-0.4, -0.2) is 18.5 Å². The molecule has 1 aliphatic rings. The molecule has 2 N–H and O–H groups in total. The van der Waals surface area contributed by atoms with Gasteiger partial charge in [0.2, 0.25) is 5.91 Å². The molecule has 1 atom stereocenters. The van der Waals surface area contributed by atoms with Crippen LogP contribution in [0.5, 0.6) is 0 Å². The van der Waals surface area contributed by atoms with Gasteiger partial charge in [-0.05, 0) is 24.5 Å². The topological polar surface area (TPSA) is 41.1 Å². The van der Waals surface area contributed by atoms with Crippen molar-refractivity contribution < 1.29 is 18.0 Å². The Kier molecular flexibility index (Phi) is 4.65. The van der Waals surface area contributed by atoms with Crippen LogP contribution in [0.15, 0.2) is 24.3 Å². The third-order valence-corrected chi connectivity index (χ3v) is 3.35. The van der Waals surface area contributed by atoms with E-state index in [-0.39, 0.29) is 24.1 Å². The Morgan fingerprint density at radius 1 is 1.30 bits per heavy atom. The number of alkyl halides is 3. The van der Waals surface area contributed by atoms with Crippen LogP contribution in [0.1, 0.15) is 30.4 Å². The Morgan fingerprint density at radius 2 is 2.05 bits per heavy atom. The quantitative estimate of drug-likeness (QED) is 0.892. The van der Waals surface area contributed by atoms with Crippen LogP contribution in [0.25, 0.3) is 0 Å². The zero-order valence-corrected chi connectivity index (χ0v) is 11.0. The summed E-state index contributed by atoms with van der Waals surface area (Å²) in [4.78, 5) is 11.2. The molecule has 0 saturated carbocycles. The van der Waals surface area contributed by atoms with Gasteiger partial charge in [-0.2, -0.15) is 13.2 Å². The fourth-order valence-corrected chi connectivity index (χ4v) is 2.37. The summed E-state index contributed by atoms with van der Waals surface area (Å²) in [6.07, 6.45) is -2.11. The molecule has 20 heavy (non-hydrogen) atoms. The van der Waals surface area contributed by atoms with Crippen molar-refractivity contribution in [2.45, 2.75) is 38.0 Å². The Bertz CT molecular complexity index is 474. The Labute approximate surface area is 115 Å². The van der Waals surface area contributed by atoms with Gasteiger partial charge in [-0.25, -0.2) is 0 Å². The van der Waals surface area contributed by atoms with Crippen LogP contribution in [0, 0.1) is 0 Å². The van der Waals surface area contributed by atoms with E-state index in [1.807, 2.05) is 0 Å². The molecule has 0 aliphatic carbocycles. The molecule has 6 heteroatoms. The molecule has 0 bridgehead atoms. The average Bonchev–Trinajstić information content (AvgIpc) is 2.38. The monoisotopic (exact) mass is 286 g/mol. The summed E-state index contributed by atoms with van der Waals surface area (Å²) in [7, 11) is 0. The molecule has 0 radical (unpaired) electrons. The van der Waals surface area contributed by atoms with Crippen molar-refractivity contribution in [2.24, 2.45) is 0 Å². The number of piperidine rings is 1. The fourth-order valence-electron chi connectivity index (χ4n) is 2.37. The Balaban J connectivity index is 1.90. The van der Waals surface area contributed by atoms with Gasteiger partial charge >= 0.3 is 6.18 Å². The minimum Gasteiger partial charge on any atom is -0.352 e. The first-order valence-corrected chi connectivity index (χ1v) is 6.62. The molecule has 1 aromatic rings. The molecular formula is C14H17F3N2O. The summed E-state index contributed by atoms with van der Waals surface area (Å²) in [6.45, 7) is 0.625. The summed E-state index contributed by atoms with van der Waals surface area (Å²) < 4.78 is 38.4. The molecule has 110 valence electrons. The van der Waals surface area contributed by atoms with Crippen molar-refractivity contribution in [3.05, 3.63) is 35.4 Å². The first-order chi connectivity index (χ1) is 9.47. The molecule has 0 unspecified atom stereocenters. The van der Waals surface area contributed by atoms with E-state index in [1.165, 1.54) is 12.1 Å². The lowest BCUT2D eigenvalue weighted by Gasteiger charge is -2.23. The maximum absolute atomic E-state index is 12.8. The molecule has 1 aliphatic heterocycles. The maximum atomic E-state index is 12.8. The number of hydrogen-bond donors (Lipinski definition) is 2. The lowest BCUT2D eigenvalue weighted by atomic mass is 10.0. The van der Waals surface area contributed by atoms with Crippen LogP contribution in [-0.2, 0) is 17.5 Å². The number of benzene rings is 1. The second-order valence-corrected chi connectivity index (χ2v) is 4.94. The number of nitrogens with one attached hydrogen (secondary N) is 2. The van der Waals surface area contributed by atoms with E-state index in [0.717, 1.165) is 18.9 Å². The second-order valence-electron chi connectivity index (χ2n) is 4.94. The SMILES string of the molecule is O=C1CCC[C@H](CNCc2ccccc2C(F)(F)F)N1. The van der Waals surface area contributed by atoms with Crippen LogP contribution < -0.4 is 10.6 Å². The van der Waals surface area contributed by atoms with Gasteiger partial charge in [0.05, 0.1) is 5.56 Å². The Morgan fingerprint density at radius 3 is 2.75 bits per heavy atom. The number of carbonyl (C=O) groups excluding carboxylic acids is 1. The number of amides is 1. The predicted octanol–water partition coefficient (Wildman–Crippen LogP) is 2.46. The van der Waals surface area contributed by atoms with E-state index in [2.05, 4.69) is 10.6 Å². The predicted molar refractivity (Wildman–Crippen MR) is 68.9 cm³/mol. The Hall–Kier alpha value is -1.56. The fraction of sp³-hybridized carbons (Fsp3) is 0.500. The van der Waals surface area contributed by atoms with E-state index in [4.69, 9.17) is 0 Å². The highest BCUT2D eigenvalue weighted by atomic mass is 19.4. The number of rotatable bonds is 4. The van der Waals surface area contributed by atoms with Crippen molar-refractivity contribution >= 4 is 5.91 Å². The minimum absolute atomic E-state index is 0.00861. The molecule has 3 nitrogen and oxygen atoms in total. The number of halogens is 3. The lowest BCUT2D eigenvalue weighted by molar-refractivity contribution is -0.138. The zero-order valence-electron chi connectivity index (χ0n) is 11.0. The molecular weight excluding hydrogens is 269 g/mol. The van der Waals surface area contributed by atoms with E-state index < -0.39 is 11.7 Å². The summed E-state index contributed by atoms with van der Waals surface area (Å²) >= 11 is 0. The third kappa shape index (κ3) is 3.96. The van der Waals surface area contributed by atoms with Crippen LogP contribution in [0.2, 0.25) is 0 Å². The molecule has 1 heterocycles. The van der Waals surface area contributed by atoms with Crippen molar-refractivity contribution in [1.82, 2.24) is 10.6 Å². The van der Waals surface area contributed by atoms with Gasteiger partial charge in [0.25, 0.3) is 0 Å². The smallest absolute Gasteiger partial charge is 0.352 e. The second kappa shape index (κ2) is 6.26. The van der Waals surface area contributed by atoms with Crippen LogP contribution in [0.3, 0.4) is 0 Å². The molecule has 1 amide bonds. The molecule has 2 rings (SSSR count). The number of hydrogen-bond acceptors (Lipinski definition) is 2. The van der Waals surface area contributed by atoms with Crippen molar-refractivity contribution in [3.63, 3.8) is 0 Å². The first kappa shape index (κ1) is 14.8. The highest BCUT2D eigenvalue weighted by Gasteiger charge is 2.32. The maximum Gasteiger partial charge on any atom is 0.416 e. The van der Waals surface area contributed by atoms with Crippen molar-refractivity contribution in [3.8, 4) is 0 Å². The molecule has 0 spiro atoms. The average molecular weight is 286 g/mol. The van der Waals surface area contributed by atoms with Gasteiger partial charge in [-0.1, -0.05) is 18.2 Å². The van der Waals surface area contributed by atoms with E-state index in [1.54, 1.807) is 6.07 Å². The van der Waals surface area contributed by atoms with Gasteiger partial charge in [0, 0.05) is 25.6 Å². The van der Waals surface area contributed by atoms with E-state index in [9.17, 15) is 18.0 Å². The molecule has 1 fully saturated rings. The van der Waals surface area contributed by atoms with E-state index in [0.29, 0.717) is 13.0 Å². The van der Waals surface area contributed by atoms with Crippen molar-refractivity contribution in [1.29, 1.82) is 0 Å². The summed E-state index contributed by atoms with van der Waals surface area (Å²) in [6, 6.07) is 5.53. The molecule has 1 saturated heterocycles. The number of carbonyl (C=O) groups is 1.